The van der Waals surface area contributed by atoms with Gasteiger partial charge in [-0.05, 0) is 35.9 Å². The van der Waals surface area contributed by atoms with Gasteiger partial charge in [-0.25, -0.2) is 9.59 Å². The molecule has 2 N–H and O–H groups in total. The van der Waals surface area contributed by atoms with Crippen molar-refractivity contribution in [1.29, 1.82) is 0 Å². The molecule has 2 rings (SSSR count). The van der Waals surface area contributed by atoms with E-state index in [1.165, 1.54) is 38.5 Å². The molecule has 0 saturated heterocycles. The number of rotatable bonds is 7. The van der Waals surface area contributed by atoms with Crippen LogP contribution in [-0.4, -0.2) is 43.2 Å². The molecule has 2 aromatic rings. The molecule has 0 fully saturated rings. The molecule has 1 atom stereocenters. The van der Waals surface area contributed by atoms with Crippen molar-refractivity contribution in [1.82, 2.24) is 5.32 Å². The number of hydrogen-bond acceptors (Lipinski definition) is 5. The molecular weight excluding hydrogens is 338 g/mol. The molecule has 7 nitrogen and oxygen atoms in total. The Morgan fingerprint density at radius 1 is 1.04 bits per heavy atom. The molecule has 0 spiro atoms. The van der Waals surface area contributed by atoms with E-state index in [1.54, 1.807) is 24.3 Å². The van der Waals surface area contributed by atoms with Crippen LogP contribution in [0.2, 0.25) is 0 Å². The lowest BCUT2D eigenvalue weighted by molar-refractivity contribution is -0.139. The monoisotopic (exact) mass is 357 g/mol. The molecule has 26 heavy (non-hydrogen) atoms. The Morgan fingerprint density at radius 3 is 2.27 bits per heavy atom. The number of ether oxygens (including phenoxy) is 2. The Bertz CT molecular complexity index is 800. The highest BCUT2D eigenvalue weighted by Crippen LogP contribution is 2.13. The Morgan fingerprint density at radius 2 is 1.69 bits per heavy atom. The molecule has 0 saturated carbocycles. The number of esters is 1. The molecule has 0 unspecified atom stereocenters. The molecule has 0 aliphatic rings. The quantitative estimate of drug-likeness (QED) is 0.734. The summed E-state index contributed by atoms with van der Waals surface area (Å²) in [5.74, 6) is -1.66. The lowest BCUT2D eigenvalue weighted by atomic mass is 10.0. The zero-order chi connectivity index (χ0) is 19.1. The number of nitrogens with one attached hydrogen (secondary N) is 1. The van der Waals surface area contributed by atoms with Gasteiger partial charge in [-0.1, -0.05) is 18.2 Å². The van der Waals surface area contributed by atoms with Gasteiger partial charge in [0.2, 0.25) is 0 Å². The van der Waals surface area contributed by atoms with Crippen LogP contribution in [0.25, 0.3) is 0 Å². The fourth-order valence-corrected chi connectivity index (χ4v) is 2.34. The van der Waals surface area contributed by atoms with Gasteiger partial charge in [0, 0.05) is 12.0 Å². The van der Waals surface area contributed by atoms with Gasteiger partial charge < -0.3 is 19.9 Å². The van der Waals surface area contributed by atoms with Gasteiger partial charge in [0.25, 0.3) is 5.91 Å². The van der Waals surface area contributed by atoms with Crippen LogP contribution in [0.3, 0.4) is 0 Å². The third kappa shape index (κ3) is 4.83. The summed E-state index contributed by atoms with van der Waals surface area (Å²) < 4.78 is 9.67. The largest absolute Gasteiger partial charge is 0.497 e. The maximum Gasteiger partial charge on any atom is 0.337 e. The van der Waals surface area contributed by atoms with Crippen LogP contribution in [-0.2, 0) is 16.0 Å². The van der Waals surface area contributed by atoms with Crippen LogP contribution in [0.5, 0.6) is 5.75 Å². The molecular formula is C19H19NO6. The molecule has 136 valence electrons. The lowest BCUT2D eigenvalue weighted by Gasteiger charge is -2.15. The minimum atomic E-state index is -1.15. The number of carbonyl (C=O) groups is 3. The molecule has 0 aliphatic heterocycles. The standard InChI is InChI=1S/C19H19NO6/c1-25-15-8-6-12(7-9-15)10-16(18(22)23)20-17(21)13-4-3-5-14(11-13)19(24)26-2/h3-9,11,16H,10H2,1-2H3,(H,20,21)(H,22,23)/t16-/m1/s1. The van der Waals surface area contributed by atoms with Crippen LogP contribution < -0.4 is 10.1 Å². The Hall–Kier alpha value is -3.35. The first kappa shape index (κ1) is 19.0. The summed E-state index contributed by atoms with van der Waals surface area (Å²) >= 11 is 0. The van der Waals surface area contributed by atoms with Crippen LogP contribution >= 0.6 is 0 Å². The van der Waals surface area contributed by atoms with E-state index in [-0.39, 0.29) is 17.5 Å². The first-order valence-corrected chi connectivity index (χ1v) is 7.79. The first-order chi connectivity index (χ1) is 12.4. The van der Waals surface area contributed by atoms with E-state index in [4.69, 9.17) is 4.74 Å². The average Bonchev–Trinajstić information content (AvgIpc) is 2.67. The van der Waals surface area contributed by atoms with Crippen LogP contribution in [0.15, 0.2) is 48.5 Å². The second kappa shape index (κ2) is 8.66. The van der Waals surface area contributed by atoms with Crippen molar-refractivity contribution < 1.29 is 29.0 Å². The first-order valence-electron chi connectivity index (χ1n) is 7.79. The topological polar surface area (TPSA) is 102 Å². The predicted molar refractivity (Wildman–Crippen MR) is 93.4 cm³/mol. The third-order valence-electron chi connectivity index (χ3n) is 3.75. The van der Waals surface area contributed by atoms with Crippen molar-refractivity contribution in [3.63, 3.8) is 0 Å². The highest BCUT2D eigenvalue weighted by atomic mass is 16.5. The summed E-state index contributed by atoms with van der Waals surface area (Å²) in [6.07, 6.45) is 0.113. The van der Waals surface area contributed by atoms with Gasteiger partial charge in [-0.2, -0.15) is 0 Å². The Labute approximate surface area is 150 Å². The van der Waals surface area contributed by atoms with E-state index in [2.05, 4.69) is 10.1 Å². The van der Waals surface area contributed by atoms with Crippen LogP contribution in [0.4, 0.5) is 0 Å². The summed E-state index contributed by atoms with van der Waals surface area (Å²) in [6.45, 7) is 0. The normalized spacial score (nSPS) is 11.3. The van der Waals surface area contributed by atoms with Crippen molar-refractivity contribution in [3.05, 3.63) is 65.2 Å². The summed E-state index contributed by atoms with van der Waals surface area (Å²) in [6, 6.07) is 11.7. The maximum absolute atomic E-state index is 12.4. The number of carboxylic acids is 1. The number of carboxylic acid groups (broad SMARTS) is 1. The van der Waals surface area contributed by atoms with Crippen molar-refractivity contribution in [2.24, 2.45) is 0 Å². The smallest absolute Gasteiger partial charge is 0.337 e. The van der Waals surface area contributed by atoms with E-state index in [0.717, 1.165) is 5.56 Å². The lowest BCUT2D eigenvalue weighted by Crippen LogP contribution is -2.42. The number of hydrogen-bond donors (Lipinski definition) is 2. The molecule has 0 bridgehead atoms. The van der Waals surface area contributed by atoms with E-state index in [1.807, 2.05) is 0 Å². The second-order valence-corrected chi connectivity index (χ2v) is 5.49. The summed E-state index contributed by atoms with van der Waals surface area (Å²) in [5, 5.41) is 11.9. The van der Waals surface area contributed by atoms with Gasteiger partial charge in [0.15, 0.2) is 0 Å². The Balaban J connectivity index is 2.12. The fraction of sp³-hybridized carbons (Fsp3) is 0.211. The van der Waals surface area contributed by atoms with Crippen molar-refractivity contribution >= 4 is 17.8 Å². The van der Waals surface area contributed by atoms with Gasteiger partial charge in [0.05, 0.1) is 19.8 Å². The summed E-state index contributed by atoms with van der Waals surface area (Å²) in [7, 11) is 2.78. The zero-order valence-corrected chi connectivity index (χ0v) is 14.4. The van der Waals surface area contributed by atoms with Crippen molar-refractivity contribution in [3.8, 4) is 5.75 Å². The van der Waals surface area contributed by atoms with Gasteiger partial charge >= 0.3 is 11.9 Å². The number of aliphatic carboxylic acids is 1. The minimum Gasteiger partial charge on any atom is -0.497 e. The molecule has 0 radical (unpaired) electrons. The number of benzene rings is 2. The van der Waals surface area contributed by atoms with E-state index >= 15 is 0 Å². The highest BCUT2D eigenvalue weighted by Gasteiger charge is 2.21. The maximum atomic E-state index is 12.4. The molecule has 0 aromatic heterocycles. The Kier molecular flexibility index (Phi) is 6.32. The molecule has 7 heteroatoms. The SMILES string of the molecule is COC(=O)c1cccc(C(=O)N[C@H](Cc2ccc(OC)cc2)C(=O)O)c1. The fourth-order valence-electron chi connectivity index (χ4n) is 2.34. The van der Waals surface area contributed by atoms with Gasteiger partial charge in [0.1, 0.15) is 11.8 Å². The zero-order valence-electron chi connectivity index (χ0n) is 14.4. The van der Waals surface area contributed by atoms with Crippen molar-refractivity contribution in [2.75, 3.05) is 14.2 Å². The van der Waals surface area contributed by atoms with Gasteiger partial charge in [-0.3, -0.25) is 4.79 Å². The summed E-state index contributed by atoms with van der Waals surface area (Å²) in [5.41, 5.74) is 1.12. The number of methoxy groups -OCH3 is 2. The van der Waals surface area contributed by atoms with E-state index in [0.29, 0.717) is 5.75 Å². The van der Waals surface area contributed by atoms with Crippen LogP contribution in [0.1, 0.15) is 26.3 Å². The van der Waals surface area contributed by atoms with E-state index in [9.17, 15) is 19.5 Å². The second-order valence-electron chi connectivity index (χ2n) is 5.49. The average molecular weight is 357 g/mol. The molecule has 0 aliphatic carbocycles. The highest BCUT2D eigenvalue weighted by molar-refractivity contribution is 5.99. The van der Waals surface area contributed by atoms with Crippen molar-refractivity contribution in [2.45, 2.75) is 12.5 Å². The molecule has 1 amide bonds. The van der Waals surface area contributed by atoms with Crippen LogP contribution in [0, 0.1) is 0 Å². The third-order valence-corrected chi connectivity index (χ3v) is 3.75. The summed E-state index contributed by atoms with van der Waals surface area (Å²) in [4.78, 5) is 35.4. The van der Waals surface area contributed by atoms with Gasteiger partial charge in [-0.15, -0.1) is 0 Å². The van der Waals surface area contributed by atoms with E-state index < -0.39 is 23.9 Å². The molecule has 0 heterocycles. The molecule has 2 aromatic carbocycles. The minimum absolute atomic E-state index is 0.113. The number of amides is 1. The number of carbonyl (C=O) groups excluding carboxylic acids is 2. The predicted octanol–water partition coefficient (Wildman–Crippen LogP) is 1.91.